The molecule has 0 aliphatic heterocycles. The van der Waals surface area contributed by atoms with Crippen LogP contribution in [0.25, 0.3) is 0 Å². The average molecular weight is 348 g/mol. The molecule has 1 aromatic rings. The first-order valence-electron chi connectivity index (χ1n) is 8.56. The highest BCUT2D eigenvalue weighted by Crippen LogP contribution is 2.29. The smallest absolute Gasteiger partial charge is 0.307 e. The van der Waals surface area contributed by atoms with Crippen molar-refractivity contribution in [3.63, 3.8) is 0 Å². The number of hydrogen-bond acceptors (Lipinski definition) is 5. The van der Waals surface area contributed by atoms with Crippen LogP contribution in [0, 0.1) is 16.0 Å². The van der Waals surface area contributed by atoms with Crippen LogP contribution >= 0.6 is 0 Å². The zero-order valence-corrected chi connectivity index (χ0v) is 14.6. The standard InChI is InChI=1S/C18H24N2O5/c1-13-5-3-4-6-16(13)19(12-11-17(21)25-2)18(22)14-7-9-15(10-8-14)20(23)24/h7-10,13,16H,3-6,11-12H2,1-2H3. The Morgan fingerprint density at radius 3 is 2.44 bits per heavy atom. The summed E-state index contributed by atoms with van der Waals surface area (Å²) in [6.07, 6.45) is 4.29. The number of carbonyl (C=O) groups excluding carboxylic acids is 2. The minimum Gasteiger partial charge on any atom is -0.469 e. The van der Waals surface area contributed by atoms with Gasteiger partial charge in [-0.2, -0.15) is 0 Å². The minimum absolute atomic E-state index is 0.0521. The van der Waals surface area contributed by atoms with Gasteiger partial charge in [-0.3, -0.25) is 19.7 Å². The molecule has 25 heavy (non-hydrogen) atoms. The molecule has 1 amide bonds. The van der Waals surface area contributed by atoms with Crippen molar-refractivity contribution in [1.29, 1.82) is 0 Å². The van der Waals surface area contributed by atoms with Crippen LogP contribution < -0.4 is 0 Å². The van der Waals surface area contributed by atoms with Crippen molar-refractivity contribution in [3.8, 4) is 0 Å². The predicted molar refractivity (Wildman–Crippen MR) is 92.2 cm³/mol. The lowest BCUT2D eigenvalue weighted by molar-refractivity contribution is -0.384. The molecule has 0 saturated heterocycles. The lowest BCUT2D eigenvalue weighted by Gasteiger charge is -2.38. The SMILES string of the molecule is COC(=O)CCN(C(=O)c1ccc([N+](=O)[O-])cc1)C1CCCCC1C. The quantitative estimate of drug-likeness (QED) is 0.447. The van der Waals surface area contributed by atoms with E-state index in [-0.39, 0.29) is 36.6 Å². The highest BCUT2D eigenvalue weighted by Gasteiger charge is 2.31. The fourth-order valence-corrected chi connectivity index (χ4v) is 3.38. The summed E-state index contributed by atoms with van der Waals surface area (Å²) in [7, 11) is 1.33. The summed E-state index contributed by atoms with van der Waals surface area (Å²) in [6, 6.07) is 5.67. The van der Waals surface area contributed by atoms with Crippen molar-refractivity contribution < 1.29 is 19.2 Å². The van der Waals surface area contributed by atoms with Gasteiger partial charge in [0.15, 0.2) is 0 Å². The number of nitro groups is 1. The van der Waals surface area contributed by atoms with Crippen LogP contribution in [0.15, 0.2) is 24.3 Å². The van der Waals surface area contributed by atoms with E-state index in [0.717, 1.165) is 25.7 Å². The van der Waals surface area contributed by atoms with Crippen LogP contribution in [0.4, 0.5) is 5.69 Å². The Morgan fingerprint density at radius 2 is 1.88 bits per heavy atom. The Hall–Kier alpha value is -2.44. The molecule has 2 rings (SSSR count). The summed E-state index contributed by atoms with van der Waals surface area (Å²) in [5.74, 6) is -0.198. The molecular weight excluding hydrogens is 324 g/mol. The Bertz CT molecular complexity index is 629. The largest absolute Gasteiger partial charge is 0.469 e. The summed E-state index contributed by atoms with van der Waals surface area (Å²) >= 11 is 0. The first-order chi connectivity index (χ1) is 11.9. The maximum Gasteiger partial charge on any atom is 0.307 e. The van der Waals surface area contributed by atoms with E-state index in [0.29, 0.717) is 11.5 Å². The Morgan fingerprint density at radius 1 is 1.24 bits per heavy atom. The highest BCUT2D eigenvalue weighted by molar-refractivity contribution is 5.94. The van der Waals surface area contributed by atoms with Gasteiger partial charge in [-0.25, -0.2) is 0 Å². The van der Waals surface area contributed by atoms with Crippen LogP contribution in [0.5, 0.6) is 0 Å². The van der Waals surface area contributed by atoms with Gasteiger partial charge in [-0.1, -0.05) is 19.8 Å². The molecule has 0 aromatic heterocycles. The second-order valence-electron chi connectivity index (χ2n) is 6.46. The van der Waals surface area contributed by atoms with Crippen molar-refractivity contribution >= 4 is 17.6 Å². The van der Waals surface area contributed by atoms with Gasteiger partial charge < -0.3 is 9.64 Å². The van der Waals surface area contributed by atoms with Crippen molar-refractivity contribution in [2.24, 2.45) is 5.92 Å². The van der Waals surface area contributed by atoms with Crippen LogP contribution in [0.1, 0.15) is 49.4 Å². The number of nitro benzene ring substituents is 1. The van der Waals surface area contributed by atoms with E-state index in [9.17, 15) is 19.7 Å². The Balaban J connectivity index is 2.21. The van der Waals surface area contributed by atoms with Crippen molar-refractivity contribution in [2.75, 3.05) is 13.7 Å². The minimum atomic E-state index is -0.494. The van der Waals surface area contributed by atoms with Gasteiger partial charge in [-0.05, 0) is 30.9 Å². The number of rotatable bonds is 6. The lowest BCUT2D eigenvalue weighted by atomic mass is 9.84. The average Bonchev–Trinajstić information content (AvgIpc) is 2.62. The second kappa shape index (κ2) is 8.60. The summed E-state index contributed by atoms with van der Waals surface area (Å²) in [4.78, 5) is 36.5. The molecule has 0 spiro atoms. The molecule has 1 aromatic carbocycles. The third kappa shape index (κ3) is 4.78. The summed E-state index contributed by atoms with van der Waals surface area (Å²) < 4.78 is 4.69. The molecule has 0 radical (unpaired) electrons. The van der Waals surface area contributed by atoms with Crippen molar-refractivity contribution in [1.82, 2.24) is 4.90 Å². The maximum atomic E-state index is 13.0. The van der Waals surface area contributed by atoms with Gasteiger partial charge in [0.05, 0.1) is 18.5 Å². The van der Waals surface area contributed by atoms with Crippen LogP contribution in [-0.2, 0) is 9.53 Å². The first-order valence-corrected chi connectivity index (χ1v) is 8.56. The number of amides is 1. The molecule has 0 bridgehead atoms. The van der Waals surface area contributed by atoms with Gasteiger partial charge in [-0.15, -0.1) is 0 Å². The zero-order valence-electron chi connectivity index (χ0n) is 14.6. The van der Waals surface area contributed by atoms with Gasteiger partial charge >= 0.3 is 5.97 Å². The van der Waals surface area contributed by atoms with Gasteiger partial charge in [0.25, 0.3) is 11.6 Å². The molecule has 0 heterocycles. The number of ether oxygens (including phenoxy) is 1. The third-order valence-electron chi connectivity index (χ3n) is 4.84. The van der Waals surface area contributed by atoms with Crippen LogP contribution in [0.3, 0.4) is 0 Å². The molecule has 0 N–H and O–H groups in total. The van der Waals surface area contributed by atoms with Crippen LogP contribution in [0.2, 0.25) is 0 Å². The third-order valence-corrected chi connectivity index (χ3v) is 4.84. The summed E-state index contributed by atoms with van der Waals surface area (Å²) in [5, 5.41) is 10.8. The molecular formula is C18H24N2O5. The number of non-ortho nitro benzene ring substituents is 1. The molecule has 1 aliphatic carbocycles. The topological polar surface area (TPSA) is 89.8 Å². The first kappa shape index (κ1) is 18.9. The van der Waals surface area contributed by atoms with Crippen molar-refractivity contribution in [2.45, 2.75) is 45.1 Å². The predicted octanol–water partition coefficient (Wildman–Crippen LogP) is 3.18. The van der Waals surface area contributed by atoms with E-state index >= 15 is 0 Å². The summed E-state index contributed by atoms with van der Waals surface area (Å²) in [6.45, 7) is 2.41. The number of esters is 1. The van der Waals surface area contributed by atoms with Gasteiger partial charge in [0.2, 0.25) is 0 Å². The number of benzene rings is 1. The fourth-order valence-electron chi connectivity index (χ4n) is 3.38. The number of hydrogen-bond donors (Lipinski definition) is 0. The molecule has 7 heteroatoms. The normalized spacial score (nSPS) is 19.9. The Labute approximate surface area is 147 Å². The van der Waals surface area contributed by atoms with Crippen molar-refractivity contribution in [3.05, 3.63) is 39.9 Å². The molecule has 2 atom stereocenters. The molecule has 2 unspecified atom stereocenters. The number of methoxy groups -OCH3 is 1. The Kier molecular flexibility index (Phi) is 6.50. The molecule has 1 fully saturated rings. The molecule has 1 aliphatic rings. The number of carbonyl (C=O) groups is 2. The van der Waals surface area contributed by atoms with Gasteiger partial charge in [0, 0.05) is 30.3 Å². The van der Waals surface area contributed by atoms with E-state index in [1.165, 1.54) is 31.4 Å². The van der Waals surface area contributed by atoms with E-state index < -0.39 is 4.92 Å². The van der Waals surface area contributed by atoms with Gasteiger partial charge in [0.1, 0.15) is 0 Å². The van der Waals surface area contributed by atoms with E-state index in [1.807, 2.05) is 0 Å². The second-order valence-corrected chi connectivity index (χ2v) is 6.46. The highest BCUT2D eigenvalue weighted by atomic mass is 16.6. The molecule has 1 saturated carbocycles. The lowest BCUT2D eigenvalue weighted by Crippen LogP contribution is -2.46. The zero-order chi connectivity index (χ0) is 18.4. The van der Waals surface area contributed by atoms with Crippen LogP contribution in [-0.4, -0.2) is 41.4 Å². The molecule has 136 valence electrons. The van der Waals surface area contributed by atoms with E-state index in [2.05, 4.69) is 6.92 Å². The fraction of sp³-hybridized carbons (Fsp3) is 0.556. The van der Waals surface area contributed by atoms with E-state index in [1.54, 1.807) is 4.90 Å². The van der Waals surface area contributed by atoms with E-state index in [4.69, 9.17) is 4.74 Å². The maximum absolute atomic E-state index is 13.0. The number of nitrogens with zero attached hydrogens (tertiary/aromatic N) is 2. The molecule has 7 nitrogen and oxygen atoms in total. The summed E-state index contributed by atoms with van der Waals surface area (Å²) in [5.41, 5.74) is 0.344. The monoisotopic (exact) mass is 348 g/mol.